The molecule has 0 saturated carbocycles. The zero-order valence-corrected chi connectivity index (χ0v) is 14.8. The van der Waals surface area contributed by atoms with Gasteiger partial charge in [0.15, 0.2) is 0 Å². The molecule has 0 radical (unpaired) electrons. The van der Waals surface area contributed by atoms with Crippen LogP contribution in [0, 0.1) is 6.92 Å². The molecule has 24 heavy (non-hydrogen) atoms. The van der Waals surface area contributed by atoms with E-state index in [0.29, 0.717) is 17.1 Å². The molecule has 1 amide bonds. The van der Waals surface area contributed by atoms with E-state index in [1.54, 1.807) is 12.3 Å². The highest BCUT2D eigenvalue weighted by Crippen LogP contribution is 2.18. The Hall–Kier alpha value is -1.92. The van der Waals surface area contributed by atoms with E-state index < -0.39 is 0 Å². The first kappa shape index (κ1) is 16.9. The third-order valence-electron chi connectivity index (χ3n) is 4.61. The number of amides is 1. The summed E-state index contributed by atoms with van der Waals surface area (Å²) in [5, 5.41) is 4.71. The molecule has 2 aromatic heterocycles. The molecule has 0 spiro atoms. The Morgan fingerprint density at radius 2 is 2.08 bits per heavy atom. The van der Waals surface area contributed by atoms with E-state index in [-0.39, 0.29) is 5.91 Å². The molecular formula is C17H22ClN5O. The third-order valence-corrected chi connectivity index (χ3v) is 4.91. The summed E-state index contributed by atoms with van der Waals surface area (Å²) in [5.41, 5.74) is 2.97. The largest absolute Gasteiger partial charge is 0.337 e. The maximum absolute atomic E-state index is 12.7. The number of pyridine rings is 1. The van der Waals surface area contributed by atoms with Crippen molar-refractivity contribution in [1.82, 2.24) is 24.6 Å². The summed E-state index contributed by atoms with van der Waals surface area (Å²) in [4.78, 5) is 20.9. The minimum absolute atomic E-state index is 0.0122. The normalized spacial score (nSPS) is 16.2. The molecular weight excluding hydrogens is 326 g/mol. The standard InChI is InChI=1S/C17H22ClN5O/c1-13-14(10-20-21(13)2)12-22-6-3-7-23(9-8-22)17(24)15-4-5-19-11-16(15)18/h4-5,10-11H,3,6-9,12H2,1-2H3. The maximum atomic E-state index is 12.7. The molecule has 128 valence electrons. The lowest BCUT2D eigenvalue weighted by Gasteiger charge is -2.22. The highest BCUT2D eigenvalue weighted by atomic mass is 35.5. The number of hydrogen-bond donors (Lipinski definition) is 0. The van der Waals surface area contributed by atoms with E-state index in [9.17, 15) is 4.79 Å². The summed E-state index contributed by atoms with van der Waals surface area (Å²) in [6, 6.07) is 1.69. The molecule has 0 atom stereocenters. The van der Waals surface area contributed by atoms with Gasteiger partial charge in [0, 0.05) is 63.4 Å². The molecule has 0 bridgehead atoms. The van der Waals surface area contributed by atoms with Crippen LogP contribution < -0.4 is 0 Å². The van der Waals surface area contributed by atoms with E-state index >= 15 is 0 Å². The number of aryl methyl sites for hydroxylation is 1. The summed E-state index contributed by atoms with van der Waals surface area (Å²) in [6.07, 6.45) is 6.01. The summed E-state index contributed by atoms with van der Waals surface area (Å²) in [7, 11) is 1.96. The first-order valence-corrected chi connectivity index (χ1v) is 8.52. The summed E-state index contributed by atoms with van der Waals surface area (Å²) >= 11 is 6.11. The molecule has 1 saturated heterocycles. The third kappa shape index (κ3) is 3.60. The smallest absolute Gasteiger partial charge is 0.255 e. The molecule has 3 rings (SSSR count). The Kier molecular flexibility index (Phi) is 5.16. The van der Waals surface area contributed by atoms with E-state index in [1.807, 2.05) is 22.8 Å². The van der Waals surface area contributed by atoms with Gasteiger partial charge >= 0.3 is 0 Å². The van der Waals surface area contributed by atoms with E-state index in [0.717, 1.165) is 32.6 Å². The topological polar surface area (TPSA) is 54.3 Å². The number of nitrogens with zero attached hydrogens (tertiary/aromatic N) is 5. The predicted octanol–water partition coefficient (Wildman–Crippen LogP) is 2.13. The van der Waals surface area contributed by atoms with Crippen molar-refractivity contribution in [1.29, 1.82) is 0 Å². The Labute approximate surface area is 147 Å². The zero-order chi connectivity index (χ0) is 17.1. The van der Waals surface area contributed by atoms with Gasteiger partial charge in [-0.25, -0.2) is 0 Å². The molecule has 7 heteroatoms. The molecule has 6 nitrogen and oxygen atoms in total. The van der Waals surface area contributed by atoms with E-state index in [4.69, 9.17) is 11.6 Å². The van der Waals surface area contributed by atoms with Crippen LogP contribution in [0.15, 0.2) is 24.7 Å². The molecule has 1 aliphatic rings. The molecule has 1 fully saturated rings. The summed E-state index contributed by atoms with van der Waals surface area (Å²) in [6.45, 7) is 6.24. The maximum Gasteiger partial charge on any atom is 0.255 e. The average molecular weight is 348 g/mol. The Bertz CT molecular complexity index is 730. The lowest BCUT2D eigenvalue weighted by atomic mass is 10.2. The highest BCUT2D eigenvalue weighted by molar-refractivity contribution is 6.33. The molecule has 3 heterocycles. The highest BCUT2D eigenvalue weighted by Gasteiger charge is 2.22. The van der Waals surface area contributed by atoms with Crippen LogP contribution in [0.1, 0.15) is 28.0 Å². The molecule has 0 aliphatic carbocycles. The van der Waals surface area contributed by atoms with Gasteiger partial charge in [-0.2, -0.15) is 5.10 Å². The number of carbonyl (C=O) groups excluding carboxylic acids is 1. The van der Waals surface area contributed by atoms with Gasteiger partial charge in [-0.1, -0.05) is 11.6 Å². The monoisotopic (exact) mass is 347 g/mol. The molecule has 0 unspecified atom stereocenters. The fourth-order valence-corrected chi connectivity index (χ4v) is 3.19. The quantitative estimate of drug-likeness (QED) is 0.853. The second kappa shape index (κ2) is 7.32. The van der Waals surface area contributed by atoms with Gasteiger partial charge in [0.1, 0.15) is 0 Å². The fraction of sp³-hybridized carbons (Fsp3) is 0.471. The lowest BCUT2D eigenvalue weighted by molar-refractivity contribution is 0.0761. The number of halogens is 1. The first-order valence-electron chi connectivity index (χ1n) is 8.15. The van der Waals surface area contributed by atoms with Crippen LogP contribution >= 0.6 is 11.6 Å². The van der Waals surface area contributed by atoms with Gasteiger partial charge in [-0.3, -0.25) is 19.4 Å². The Morgan fingerprint density at radius 3 is 2.79 bits per heavy atom. The van der Waals surface area contributed by atoms with Crippen LogP contribution in [-0.4, -0.2) is 56.7 Å². The van der Waals surface area contributed by atoms with Crippen LogP contribution in [-0.2, 0) is 13.6 Å². The second-order valence-corrected chi connectivity index (χ2v) is 6.56. The van der Waals surface area contributed by atoms with E-state index in [2.05, 4.69) is 21.9 Å². The molecule has 2 aromatic rings. The van der Waals surface area contributed by atoms with Crippen molar-refractivity contribution in [3.63, 3.8) is 0 Å². The van der Waals surface area contributed by atoms with Gasteiger partial charge in [0.25, 0.3) is 5.91 Å². The van der Waals surface area contributed by atoms with Crippen molar-refractivity contribution in [3.8, 4) is 0 Å². The van der Waals surface area contributed by atoms with Crippen molar-refractivity contribution in [2.75, 3.05) is 26.2 Å². The van der Waals surface area contributed by atoms with E-state index in [1.165, 1.54) is 17.5 Å². The van der Waals surface area contributed by atoms with Gasteiger partial charge in [-0.15, -0.1) is 0 Å². The van der Waals surface area contributed by atoms with Crippen LogP contribution in [0.4, 0.5) is 0 Å². The minimum atomic E-state index is -0.0122. The first-order chi connectivity index (χ1) is 11.6. The minimum Gasteiger partial charge on any atom is -0.337 e. The summed E-state index contributed by atoms with van der Waals surface area (Å²) < 4.78 is 1.90. The number of aromatic nitrogens is 3. The SMILES string of the molecule is Cc1c(CN2CCCN(C(=O)c3ccncc3Cl)CC2)cnn1C. The summed E-state index contributed by atoms with van der Waals surface area (Å²) in [5.74, 6) is -0.0122. The van der Waals surface area contributed by atoms with Crippen molar-refractivity contribution in [2.45, 2.75) is 19.9 Å². The average Bonchev–Trinajstić information content (AvgIpc) is 2.79. The van der Waals surface area contributed by atoms with Crippen LogP contribution in [0.25, 0.3) is 0 Å². The van der Waals surface area contributed by atoms with Crippen molar-refractivity contribution in [2.24, 2.45) is 7.05 Å². The van der Waals surface area contributed by atoms with Crippen LogP contribution in [0.2, 0.25) is 5.02 Å². The van der Waals surface area contributed by atoms with Crippen molar-refractivity contribution < 1.29 is 4.79 Å². The van der Waals surface area contributed by atoms with Gasteiger partial charge in [0.05, 0.1) is 16.8 Å². The molecule has 0 aromatic carbocycles. The van der Waals surface area contributed by atoms with Gasteiger partial charge in [0.2, 0.25) is 0 Å². The van der Waals surface area contributed by atoms with Gasteiger partial charge < -0.3 is 4.90 Å². The molecule has 1 aliphatic heterocycles. The van der Waals surface area contributed by atoms with Crippen LogP contribution in [0.3, 0.4) is 0 Å². The zero-order valence-electron chi connectivity index (χ0n) is 14.1. The Morgan fingerprint density at radius 1 is 1.25 bits per heavy atom. The van der Waals surface area contributed by atoms with Crippen molar-refractivity contribution in [3.05, 3.63) is 46.5 Å². The van der Waals surface area contributed by atoms with Crippen LogP contribution in [0.5, 0.6) is 0 Å². The molecule has 0 N–H and O–H groups in total. The number of carbonyl (C=O) groups is 1. The van der Waals surface area contributed by atoms with Crippen molar-refractivity contribution >= 4 is 17.5 Å². The Balaban J connectivity index is 1.64. The number of hydrogen-bond acceptors (Lipinski definition) is 4. The fourth-order valence-electron chi connectivity index (χ4n) is 2.99. The lowest BCUT2D eigenvalue weighted by Crippen LogP contribution is -2.35. The number of rotatable bonds is 3. The second-order valence-electron chi connectivity index (χ2n) is 6.16. The predicted molar refractivity (Wildman–Crippen MR) is 93.0 cm³/mol. The van der Waals surface area contributed by atoms with Gasteiger partial charge in [-0.05, 0) is 19.4 Å².